The number of likely N-dealkylation sites (tertiary alicyclic amines) is 1. The molecule has 86 valence electrons. The van der Waals surface area contributed by atoms with E-state index >= 15 is 0 Å². The third kappa shape index (κ3) is 2.71. The van der Waals surface area contributed by atoms with Crippen LogP contribution < -0.4 is 5.73 Å². The van der Waals surface area contributed by atoms with Gasteiger partial charge in [0.2, 0.25) is 0 Å². The molecule has 1 saturated heterocycles. The summed E-state index contributed by atoms with van der Waals surface area (Å²) in [6.45, 7) is 8.72. The van der Waals surface area contributed by atoms with Crippen LogP contribution in [-0.2, 0) is 0 Å². The first-order valence-electron chi connectivity index (χ1n) is 6.04. The Morgan fingerprint density at radius 1 is 1.27 bits per heavy atom. The van der Waals surface area contributed by atoms with Crippen LogP contribution in [-0.4, -0.2) is 35.9 Å². The van der Waals surface area contributed by atoms with Gasteiger partial charge in [-0.3, -0.25) is 9.89 Å². The van der Waals surface area contributed by atoms with E-state index in [1.807, 2.05) is 0 Å². The number of hydrogen-bond acceptors (Lipinski definition) is 2. The number of hydrogen-bond donors (Lipinski definition) is 1. The summed E-state index contributed by atoms with van der Waals surface area (Å²) in [6, 6.07) is 1.32. The standard InChI is InChI=1S/C12H23N3/c1-12(2,3)11(13)14-9-6-7-15(8-9)10-4-5-10/h9-10H,4-8H2,1-3H3,(H2,13,14). The van der Waals surface area contributed by atoms with E-state index < -0.39 is 0 Å². The number of nitrogens with zero attached hydrogens (tertiary/aromatic N) is 2. The van der Waals surface area contributed by atoms with Gasteiger partial charge in [0, 0.05) is 24.5 Å². The van der Waals surface area contributed by atoms with Gasteiger partial charge in [-0.15, -0.1) is 0 Å². The first kappa shape index (κ1) is 10.9. The van der Waals surface area contributed by atoms with Crippen molar-refractivity contribution >= 4 is 5.84 Å². The first-order chi connectivity index (χ1) is 6.97. The molecule has 15 heavy (non-hydrogen) atoms. The van der Waals surface area contributed by atoms with Crippen LogP contribution in [0.15, 0.2) is 4.99 Å². The highest BCUT2D eigenvalue weighted by Gasteiger charge is 2.34. The van der Waals surface area contributed by atoms with Crippen LogP contribution in [0.4, 0.5) is 0 Å². The van der Waals surface area contributed by atoms with E-state index in [9.17, 15) is 0 Å². The highest BCUT2D eigenvalue weighted by Crippen LogP contribution is 2.30. The Labute approximate surface area is 92.7 Å². The predicted octanol–water partition coefficient (Wildman–Crippen LogP) is 1.63. The number of aliphatic imine (C=N–C) groups is 1. The molecular weight excluding hydrogens is 186 g/mol. The lowest BCUT2D eigenvalue weighted by atomic mass is 9.95. The Balaban J connectivity index is 1.90. The van der Waals surface area contributed by atoms with E-state index in [-0.39, 0.29) is 5.41 Å². The number of amidine groups is 1. The molecule has 2 fully saturated rings. The molecule has 1 heterocycles. The average Bonchev–Trinajstić information content (AvgIpc) is 2.87. The summed E-state index contributed by atoms with van der Waals surface area (Å²) in [7, 11) is 0. The van der Waals surface area contributed by atoms with Crippen molar-refractivity contribution in [2.24, 2.45) is 16.1 Å². The molecule has 1 atom stereocenters. The fourth-order valence-corrected chi connectivity index (χ4v) is 2.04. The van der Waals surface area contributed by atoms with E-state index in [0.717, 1.165) is 18.4 Å². The molecule has 0 aromatic rings. The van der Waals surface area contributed by atoms with Crippen LogP contribution in [0.5, 0.6) is 0 Å². The zero-order valence-electron chi connectivity index (χ0n) is 10.2. The third-order valence-electron chi connectivity index (χ3n) is 3.35. The molecule has 1 saturated carbocycles. The van der Waals surface area contributed by atoms with Crippen LogP contribution >= 0.6 is 0 Å². The fourth-order valence-electron chi connectivity index (χ4n) is 2.04. The summed E-state index contributed by atoms with van der Waals surface area (Å²) in [5.74, 6) is 0.810. The molecule has 1 aliphatic heterocycles. The van der Waals surface area contributed by atoms with E-state index in [4.69, 9.17) is 5.73 Å². The predicted molar refractivity (Wildman–Crippen MR) is 64.1 cm³/mol. The van der Waals surface area contributed by atoms with Gasteiger partial charge in [-0.1, -0.05) is 20.8 Å². The summed E-state index contributed by atoms with van der Waals surface area (Å²) in [6.07, 6.45) is 3.98. The molecule has 0 amide bonds. The Hall–Kier alpha value is -0.570. The van der Waals surface area contributed by atoms with Gasteiger partial charge in [0.05, 0.1) is 11.9 Å². The van der Waals surface area contributed by atoms with Gasteiger partial charge in [0.25, 0.3) is 0 Å². The normalized spacial score (nSPS) is 29.8. The second kappa shape index (κ2) is 3.78. The van der Waals surface area contributed by atoms with Crippen LogP contribution in [0.3, 0.4) is 0 Å². The van der Waals surface area contributed by atoms with Crippen LogP contribution in [0, 0.1) is 5.41 Å². The molecule has 3 nitrogen and oxygen atoms in total. The smallest absolute Gasteiger partial charge is 0.0995 e. The minimum absolute atomic E-state index is 0.0208. The molecule has 2 rings (SSSR count). The molecule has 1 unspecified atom stereocenters. The van der Waals surface area contributed by atoms with E-state index in [2.05, 4.69) is 30.7 Å². The SMILES string of the molecule is CC(C)(C)C(N)=NC1CCN(C2CC2)C1. The van der Waals surface area contributed by atoms with Gasteiger partial charge in [0.1, 0.15) is 0 Å². The lowest BCUT2D eigenvalue weighted by Gasteiger charge is -2.19. The molecular formula is C12H23N3. The summed E-state index contributed by atoms with van der Waals surface area (Å²) in [5.41, 5.74) is 6.02. The van der Waals surface area contributed by atoms with E-state index in [1.54, 1.807) is 0 Å². The first-order valence-corrected chi connectivity index (χ1v) is 6.04. The zero-order chi connectivity index (χ0) is 11.1. The van der Waals surface area contributed by atoms with Crippen molar-refractivity contribution in [1.82, 2.24) is 4.90 Å². The summed E-state index contributed by atoms with van der Waals surface area (Å²) >= 11 is 0. The minimum atomic E-state index is 0.0208. The highest BCUT2D eigenvalue weighted by molar-refractivity contribution is 5.85. The van der Waals surface area contributed by atoms with E-state index in [0.29, 0.717) is 6.04 Å². The lowest BCUT2D eigenvalue weighted by Crippen LogP contribution is -2.31. The molecule has 2 aliphatic rings. The van der Waals surface area contributed by atoms with Gasteiger partial charge < -0.3 is 5.73 Å². The number of nitrogens with two attached hydrogens (primary N) is 1. The monoisotopic (exact) mass is 209 g/mol. The maximum atomic E-state index is 6.00. The van der Waals surface area contributed by atoms with Crippen LogP contribution in [0.25, 0.3) is 0 Å². The Bertz CT molecular complexity index is 261. The van der Waals surface area contributed by atoms with Crippen molar-refractivity contribution in [2.45, 2.75) is 52.1 Å². The molecule has 2 N–H and O–H groups in total. The highest BCUT2D eigenvalue weighted by atomic mass is 15.2. The molecule has 0 spiro atoms. The second-order valence-corrected chi connectivity index (χ2v) is 5.93. The van der Waals surface area contributed by atoms with Crippen LogP contribution in [0.2, 0.25) is 0 Å². The van der Waals surface area contributed by atoms with E-state index in [1.165, 1.54) is 25.8 Å². The average molecular weight is 209 g/mol. The van der Waals surface area contributed by atoms with Gasteiger partial charge in [0.15, 0.2) is 0 Å². The summed E-state index contributed by atoms with van der Waals surface area (Å²) < 4.78 is 0. The molecule has 0 aromatic carbocycles. The topological polar surface area (TPSA) is 41.6 Å². The maximum absolute atomic E-state index is 6.00. The molecule has 0 aromatic heterocycles. The zero-order valence-corrected chi connectivity index (χ0v) is 10.2. The Kier molecular flexibility index (Phi) is 2.75. The molecule has 3 heteroatoms. The van der Waals surface area contributed by atoms with Gasteiger partial charge in [-0.25, -0.2) is 0 Å². The van der Waals surface area contributed by atoms with Crippen molar-refractivity contribution in [3.63, 3.8) is 0 Å². The molecule has 1 aliphatic carbocycles. The molecule has 0 radical (unpaired) electrons. The van der Waals surface area contributed by atoms with Gasteiger partial charge in [-0.05, 0) is 19.3 Å². The van der Waals surface area contributed by atoms with Crippen molar-refractivity contribution in [1.29, 1.82) is 0 Å². The van der Waals surface area contributed by atoms with Crippen LogP contribution in [0.1, 0.15) is 40.0 Å². The maximum Gasteiger partial charge on any atom is 0.0995 e. The second-order valence-electron chi connectivity index (χ2n) is 5.93. The van der Waals surface area contributed by atoms with Crippen molar-refractivity contribution in [2.75, 3.05) is 13.1 Å². The minimum Gasteiger partial charge on any atom is -0.387 e. The quantitative estimate of drug-likeness (QED) is 0.555. The summed E-state index contributed by atoms with van der Waals surface area (Å²) in [4.78, 5) is 7.23. The Morgan fingerprint density at radius 2 is 1.93 bits per heavy atom. The summed E-state index contributed by atoms with van der Waals surface area (Å²) in [5, 5.41) is 0. The lowest BCUT2D eigenvalue weighted by molar-refractivity contribution is 0.324. The van der Waals surface area contributed by atoms with Crippen molar-refractivity contribution in [3.8, 4) is 0 Å². The fraction of sp³-hybridized carbons (Fsp3) is 0.917. The third-order valence-corrected chi connectivity index (χ3v) is 3.35. The van der Waals surface area contributed by atoms with Crippen molar-refractivity contribution in [3.05, 3.63) is 0 Å². The van der Waals surface area contributed by atoms with Gasteiger partial charge >= 0.3 is 0 Å². The van der Waals surface area contributed by atoms with Gasteiger partial charge in [-0.2, -0.15) is 0 Å². The van der Waals surface area contributed by atoms with Crippen molar-refractivity contribution < 1.29 is 0 Å². The largest absolute Gasteiger partial charge is 0.387 e. The Morgan fingerprint density at radius 3 is 2.47 bits per heavy atom. The molecule has 0 bridgehead atoms. The number of rotatable bonds is 2.